The third kappa shape index (κ3) is 5.19. The van der Waals surface area contributed by atoms with Gasteiger partial charge < -0.3 is 9.92 Å². The Balaban J connectivity index is 3.73. The van der Waals surface area contributed by atoms with Gasteiger partial charge in [-0.15, -0.1) is 0 Å². The van der Waals surface area contributed by atoms with Crippen molar-refractivity contribution in [3.8, 4) is 0 Å². The summed E-state index contributed by atoms with van der Waals surface area (Å²) in [6.07, 6.45) is 0.319. The minimum Gasteiger partial charge on any atom is -0.342 e. The summed E-state index contributed by atoms with van der Waals surface area (Å²) < 4.78 is 21.9. The highest BCUT2D eigenvalue weighted by Crippen LogP contribution is 1.94. The van der Waals surface area contributed by atoms with Gasteiger partial charge in [0.15, 0.2) is 0 Å². The Morgan fingerprint density at radius 1 is 1.82 bits per heavy atom. The number of thiol groups is 1. The standard InChI is InChI=1S/C4H9NO4S2/c5-3(1-2-10)4(6)9-11(7)8/h3,10H,1-2,5H2,(H,7,8)/t3-/m0/s1. The number of hydrogen-bond donors (Lipinski definition) is 3. The minimum absolute atomic E-state index is 0.319. The lowest BCUT2D eigenvalue weighted by atomic mass is 10.2. The Hall–Kier alpha value is -0.110. The third-order valence-electron chi connectivity index (χ3n) is 0.896. The summed E-state index contributed by atoms with van der Waals surface area (Å²) in [6, 6.07) is -0.872. The number of carbonyl (C=O) groups is 1. The maximum atomic E-state index is 10.6. The second kappa shape index (κ2) is 5.53. The van der Waals surface area contributed by atoms with Crippen LogP contribution in [0.15, 0.2) is 0 Å². The fourth-order valence-electron chi connectivity index (χ4n) is 0.389. The van der Waals surface area contributed by atoms with Crippen LogP contribution in [0.2, 0.25) is 0 Å². The zero-order valence-electron chi connectivity index (χ0n) is 5.60. The lowest BCUT2D eigenvalue weighted by molar-refractivity contribution is -0.135. The lowest BCUT2D eigenvalue weighted by Gasteiger charge is -2.05. The Labute approximate surface area is 72.2 Å². The molecule has 5 nitrogen and oxygen atoms in total. The molecule has 0 aromatic heterocycles. The van der Waals surface area contributed by atoms with Crippen molar-refractivity contribution < 1.29 is 17.7 Å². The molecular formula is C4H9NO4S2. The minimum atomic E-state index is -2.57. The fraction of sp³-hybridized carbons (Fsp3) is 0.750. The van der Waals surface area contributed by atoms with Gasteiger partial charge in [0.05, 0.1) is 0 Å². The summed E-state index contributed by atoms with van der Waals surface area (Å²) in [5.41, 5.74) is 5.21. The summed E-state index contributed by atoms with van der Waals surface area (Å²) >= 11 is 1.24. The van der Waals surface area contributed by atoms with Crippen LogP contribution in [-0.2, 0) is 20.3 Å². The molecular weight excluding hydrogens is 190 g/mol. The van der Waals surface area contributed by atoms with Gasteiger partial charge in [0.1, 0.15) is 6.04 Å². The van der Waals surface area contributed by atoms with E-state index >= 15 is 0 Å². The van der Waals surface area contributed by atoms with Gasteiger partial charge in [-0.1, -0.05) is 0 Å². The van der Waals surface area contributed by atoms with E-state index in [9.17, 15) is 9.00 Å². The predicted octanol–water partition coefficient (Wildman–Crippen LogP) is -0.686. The molecule has 0 saturated carbocycles. The van der Waals surface area contributed by atoms with E-state index in [-0.39, 0.29) is 0 Å². The van der Waals surface area contributed by atoms with Crippen LogP contribution < -0.4 is 5.73 Å². The van der Waals surface area contributed by atoms with Gasteiger partial charge in [0, 0.05) is 0 Å². The molecule has 0 aliphatic heterocycles. The molecule has 0 spiro atoms. The largest absolute Gasteiger partial charge is 0.360 e. The first-order chi connectivity index (χ1) is 5.07. The Bertz CT molecular complexity index is 162. The topological polar surface area (TPSA) is 89.6 Å². The Morgan fingerprint density at radius 3 is 2.73 bits per heavy atom. The van der Waals surface area contributed by atoms with Crippen molar-refractivity contribution in [2.75, 3.05) is 5.75 Å². The highest BCUT2D eigenvalue weighted by molar-refractivity contribution is 7.80. The summed E-state index contributed by atoms with van der Waals surface area (Å²) in [5, 5.41) is 0. The molecule has 0 rings (SSSR count). The molecule has 11 heavy (non-hydrogen) atoms. The van der Waals surface area contributed by atoms with Crippen LogP contribution in [0.4, 0.5) is 0 Å². The van der Waals surface area contributed by atoms with Crippen LogP contribution in [-0.4, -0.2) is 26.5 Å². The average Bonchev–Trinajstić information content (AvgIpc) is 1.86. The lowest BCUT2D eigenvalue weighted by Crippen LogP contribution is -2.32. The van der Waals surface area contributed by atoms with Crippen molar-refractivity contribution in [3.05, 3.63) is 0 Å². The van der Waals surface area contributed by atoms with Crippen molar-refractivity contribution in [2.45, 2.75) is 12.5 Å². The normalized spacial score (nSPS) is 15.5. The fourth-order valence-corrected chi connectivity index (χ4v) is 0.931. The van der Waals surface area contributed by atoms with E-state index in [4.69, 9.17) is 10.3 Å². The van der Waals surface area contributed by atoms with E-state index < -0.39 is 23.4 Å². The van der Waals surface area contributed by atoms with Crippen LogP contribution in [0.25, 0.3) is 0 Å². The molecule has 0 aliphatic rings. The van der Waals surface area contributed by atoms with Crippen molar-refractivity contribution in [3.63, 3.8) is 0 Å². The van der Waals surface area contributed by atoms with Gasteiger partial charge >= 0.3 is 17.3 Å². The molecule has 0 amide bonds. The second-order valence-electron chi connectivity index (χ2n) is 1.74. The van der Waals surface area contributed by atoms with E-state index in [1.54, 1.807) is 0 Å². The molecule has 0 fully saturated rings. The molecule has 0 heterocycles. The number of carbonyl (C=O) groups excluding carboxylic acids is 1. The summed E-state index contributed by atoms with van der Waals surface area (Å²) in [5.74, 6) is -0.464. The Kier molecular flexibility index (Phi) is 5.47. The Morgan fingerprint density at radius 2 is 2.36 bits per heavy atom. The zero-order valence-corrected chi connectivity index (χ0v) is 7.31. The van der Waals surface area contributed by atoms with Crippen LogP contribution in [0, 0.1) is 0 Å². The number of rotatable bonds is 4. The summed E-state index contributed by atoms with van der Waals surface area (Å²) in [6.45, 7) is 0. The molecule has 7 heteroatoms. The van der Waals surface area contributed by atoms with Gasteiger partial charge in [0.25, 0.3) is 0 Å². The molecule has 66 valence electrons. The molecule has 0 aromatic rings. The summed E-state index contributed by atoms with van der Waals surface area (Å²) in [4.78, 5) is 10.6. The van der Waals surface area contributed by atoms with E-state index in [1.807, 2.05) is 0 Å². The van der Waals surface area contributed by atoms with Crippen LogP contribution in [0.1, 0.15) is 6.42 Å². The van der Waals surface area contributed by atoms with Gasteiger partial charge in [-0.05, 0) is 12.2 Å². The third-order valence-corrected chi connectivity index (χ3v) is 1.46. The maximum Gasteiger partial charge on any atom is 0.360 e. The monoisotopic (exact) mass is 199 g/mol. The second-order valence-corrected chi connectivity index (χ2v) is 2.79. The van der Waals surface area contributed by atoms with E-state index in [2.05, 4.69) is 16.8 Å². The maximum absolute atomic E-state index is 10.6. The quantitative estimate of drug-likeness (QED) is 0.412. The van der Waals surface area contributed by atoms with Crippen LogP contribution >= 0.6 is 12.6 Å². The van der Waals surface area contributed by atoms with E-state index in [1.165, 1.54) is 0 Å². The highest BCUT2D eigenvalue weighted by atomic mass is 32.2. The number of nitrogens with two attached hydrogens (primary N) is 1. The first-order valence-electron chi connectivity index (χ1n) is 2.77. The van der Waals surface area contributed by atoms with Gasteiger partial charge in [-0.2, -0.15) is 16.8 Å². The molecule has 2 atom stereocenters. The molecule has 0 saturated heterocycles. The SMILES string of the molecule is N[C@@H](CCS)C(=O)OS(=O)O. The van der Waals surface area contributed by atoms with Crippen molar-refractivity contribution in [2.24, 2.45) is 5.73 Å². The zero-order chi connectivity index (χ0) is 8.85. The van der Waals surface area contributed by atoms with Crippen LogP contribution in [0.5, 0.6) is 0 Å². The van der Waals surface area contributed by atoms with Crippen LogP contribution in [0.3, 0.4) is 0 Å². The van der Waals surface area contributed by atoms with E-state index in [0.29, 0.717) is 12.2 Å². The molecule has 0 aliphatic carbocycles. The number of hydrogen-bond acceptors (Lipinski definition) is 5. The van der Waals surface area contributed by atoms with Crippen molar-refractivity contribution in [1.29, 1.82) is 0 Å². The average molecular weight is 199 g/mol. The highest BCUT2D eigenvalue weighted by Gasteiger charge is 2.15. The van der Waals surface area contributed by atoms with E-state index in [0.717, 1.165) is 0 Å². The molecule has 0 bridgehead atoms. The van der Waals surface area contributed by atoms with Gasteiger partial charge in [-0.3, -0.25) is 4.55 Å². The first kappa shape index (κ1) is 10.9. The molecule has 0 radical (unpaired) electrons. The van der Waals surface area contributed by atoms with Crippen molar-refractivity contribution >= 4 is 30.0 Å². The molecule has 3 N–H and O–H groups in total. The predicted molar refractivity (Wildman–Crippen MR) is 43.3 cm³/mol. The van der Waals surface area contributed by atoms with Crippen molar-refractivity contribution in [1.82, 2.24) is 0 Å². The molecule has 0 aromatic carbocycles. The first-order valence-corrected chi connectivity index (χ1v) is 4.43. The van der Waals surface area contributed by atoms with Gasteiger partial charge in [-0.25, -0.2) is 4.79 Å². The van der Waals surface area contributed by atoms with Gasteiger partial charge in [0.2, 0.25) is 0 Å². The smallest absolute Gasteiger partial charge is 0.342 e. The summed E-state index contributed by atoms with van der Waals surface area (Å²) in [7, 11) is 0. The molecule has 1 unspecified atom stereocenters.